The van der Waals surface area contributed by atoms with Crippen molar-refractivity contribution in [2.24, 2.45) is 7.05 Å². The molecule has 5 amide bonds. The van der Waals surface area contributed by atoms with Crippen molar-refractivity contribution in [2.75, 3.05) is 41.0 Å². The van der Waals surface area contributed by atoms with E-state index in [-0.39, 0.29) is 60.1 Å². The van der Waals surface area contributed by atoms with Crippen LogP contribution in [0.2, 0.25) is 0 Å². The maximum Gasteiger partial charge on any atom is 0.266 e. The molecule has 0 bridgehead atoms. The third-order valence-electron chi connectivity index (χ3n) is 11.0. The summed E-state index contributed by atoms with van der Waals surface area (Å²) in [5, 5.41) is 6.29. The van der Waals surface area contributed by atoms with Crippen molar-refractivity contribution < 1.29 is 43.0 Å². The largest absolute Gasteiger partial charge is 0.496 e. The van der Waals surface area contributed by atoms with E-state index in [1.807, 2.05) is 30.1 Å². The number of hydrogen-bond donors (Lipinski definition) is 2. The fourth-order valence-corrected chi connectivity index (χ4v) is 7.90. The third kappa shape index (κ3) is 10.3. The van der Waals surface area contributed by atoms with Gasteiger partial charge in [0.2, 0.25) is 11.8 Å². The van der Waals surface area contributed by atoms with Crippen molar-refractivity contribution in [1.82, 2.24) is 30.0 Å². The molecule has 2 N–H and O–H groups in total. The van der Waals surface area contributed by atoms with E-state index in [1.54, 1.807) is 45.9 Å². The van der Waals surface area contributed by atoms with Crippen LogP contribution in [0.5, 0.6) is 17.2 Å². The fourth-order valence-electron chi connectivity index (χ4n) is 7.90. The van der Waals surface area contributed by atoms with Crippen LogP contribution in [0.4, 0.5) is 0 Å². The fraction of sp³-hybridized carbons (Fsp3) is 0.422. The zero-order valence-electron chi connectivity index (χ0n) is 35.0. The van der Waals surface area contributed by atoms with Crippen molar-refractivity contribution >= 4 is 46.1 Å². The number of benzene rings is 2. The average Bonchev–Trinajstić information content (AvgIpc) is 3.50. The van der Waals surface area contributed by atoms with E-state index >= 15 is 0 Å². The van der Waals surface area contributed by atoms with Gasteiger partial charge in [0.05, 0.1) is 42.8 Å². The number of Topliss-reactive ketones (excluding diaryl/α,β-unsaturated/α-hetero) is 1. The Labute approximate surface area is 353 Å². The number of carbonyl (C=O) groups excluding carboxylic acids is 6. The van der Waals surface area contributed by atoms with Gasteiger partial charge in [-0.15, -0.1) is 0 Å². The van der Waals surface area contributed by atoms with Crippen LogP contribution >= 0.6 is 0 Å². The SMILES string of the molecule is COc1cc(-c2cn(C)c(=O)c3cnccc23)cc(OC)c1CN(C)CC(=O)CCCCCCCCCNC(=O)COc1cccc2c1C(=O)N(C1CCC(=O)NC1=O)C2=O. The molecule has 0 saturated carbocycles. The Bertz CT molecular complexity index is 2370. The molecule has 2 aliphatic heterocycles. The molecule has 1 fully saturated rings. The first-order valence-electron chi connectivity index (χ1n) is 20.5. The van der Waals surface area contributed by atoms with Crippen LogP contribution in [-0.4, -0.2) is 102 Å². The van der Waals surface area contributed by atoms with Crippen molar-refractivity contribution in [3.8, 4) is 28.4 Å². The first kappa shape index (κ1) is 44.1. The number of aryl methyl sites for hydroxylation is 1. The van der Waals surface area contributed by atoms with Gasteiger partial charge in [0.15, 0.2) is 6.61 Å². The van der Waals surface area contributed by atoms with E-state index in [9.17, 15) is 33.6 Å². The molecule has 1 unspecified atom stereocenters. The van der Waals surface area contributed by atoms with Crippen molar-refractivity contribution in [3.63, 3.8) is 0 Å². The average molecular weight is 837 g/mol. The van der Waals surface area contributed by atoms with Gasteiger partial charge in [-0.1, -0.05) is 38.2 Å². The van der Waals surface area contributed by atoms with E-state index in [0.29, 0.717) is 36.4 Å². The Morgan fingerprint density at radius 2 is 1.59 bits per heavy atom. The zero-order chi connectivity index (χ0) is 43.6. The molecular weight excluding hydrogens is 785 g/mol. The van der Waals surface area contributed by atoms with Gasteiger partial charge in [-0.25, -0.2) is 0 Å². The first-order valence-corrected chi connectivity index (χ1v) is 20.5. The number of pyridine rings is 2. The van der Waals surface area contributed by atoms with Gasteiger partial charge < -0.3 is 24.1 Å². The predicted octanol–water partition coefficient (Wildman–Crippen LogP) is 4.34. The molecule has 2 aliphatic rings. The number of aromatic nitrogens is 2. The zero-order valence-corrected chi connectivity index (χ0v) is 35.0. The number of imide groups is 2. The maximum absolute atomic E-state index is 13.2. The van der Waals surface area contributed by atoms with E-state index in [4.69, 9.17) is 14.2 Å². The van der Waals surface area contributed by atoms with Gasteiger partial charge in [-0.2, -0.15) is 0 Å². The molecule has 16 heteroatoms. The second-order valence-electron chi connectivity index (χ2n) is 15.4. The second-order valence-corrected chi connectivity index (χ2v) is 15.4. The minimum atomic E-state index is -1.09. The molecule has 4 aromatic rings. The van der Waals surface area contributed by atoms with Crippen LogP contribution in [0, 0.1) is 0 Å². The molecule has 4 heterocycles. The summed E-state index contributed by atoms with van der Waals surface area (Å²) < 4.78 is 18.8. The van der Waals surface area contributed by atoms with Crippen LogP contribution in [0.1, 0.15) is 90.5 Å². The standard InChI is InChI=1S/C45H52N6O10/c1-49(25-34-37(59-3)21-28(22-38(34)60-4)33-26-50(2)43(56)32-23-46-20-18-30(32)33)24-29(52)13-10-8-6-5-7-9-11-19-47-40(54)27-61-36-15-12-14-31-41(36)45(58)51(44(31)57)35-16-17-39(53)48-42(35)55/h12,14-15,18,20-23,26,35H,5-11,13,16-17,19,24-25,27H2,1-4H3,(H,47,54)(H,48,53,55). The van der Waals surface area contributed by atoms with E-state index in [0.717, 1.165) is 71.9 Å². The summed E-state index contributed by atoms with van der Waals surface area (Å²) in [6, 6.07) is 9.08. The molecule has 6 rings (SSSR count). The number of likely N-dealkylation sites (N-methyl/N-ethyl adjacent to an activating group) is 1. The highest BCUT2D eigenvalue weighted by molar-refractivity contribution is 6.24. The molecule has 1 atom stereocenters. The lowest BCUT2D eigenvalue weighted by Gasteiger charge is -2.27. The summed E-state index contributed by atoms with van der Waals surface area (Å²) in [5.74, 6) is -1.39. The van der Waals surface area contributed by atoms with Gasteiger partial charge >= 0.3 is 0 Å². The molecule has 16 nitrogen and oxygen atoms in total. The Balaban J connectivity index is 0.857. The van der Waals surface area contributed by atoms with Crippen molar-refractivity contribution in [2.45, 2.75) is 76.8 Å². The summed E-state index contributed by atoms with van der Waals surface area (Å²) in [4.78, 5) is 95.2. The van der Waals surface area contributed by atoms with Crippen LogP contribution in [-0.2, 0) is 32.8 Å². The van der Waals surface area contributed by atoms with E-state index < -0.39 is 29.7 Å². The summed E-state index contributed by atoms with van der Waals surface area (Å²) in [5.41, 5.74) is 2.44. The number of methoxy groups -OCH3 is 2. The number of fused-ring (bicyclic) bond motifs is 2. The minimum Gasteiger partial charge on any atom is -0.496 e. The van der Waals surface area contributed by atoms with Gasteiger partial charge in [0.1, 0.15) is 29.1 Å². The third-order valence-corrected chi connectivity index (χ3v) is 11.0. The Kier molecular flexibility index (Phi) is 14.6. The smallest absolute Gasteiger partial charge is 0.266 e. The van der Waals surface area contributed by atoms with E-state index in [2.05, 4.69) is 15.6 Å². The molecule has 322 valence electrons. The topological polar surface area (TPSA) is 196 Å². The number of rotatable bonds is 21. The van der Waals surface area contributed by atoms with Crippen LogP contribution in [0.25, 0.3) is 21.9 Å². The number of nitrogens with zero attached hydrogens (tertiary/aromatic N) is 4. The molecule has 0 spiro atoms. The van der Waals surface area contributed by atoms with Crippen LogP contribution < -0.4 is 30.4 Å². The van der Waals surface area contributed by atoms with Gasteiger partial charge in [-0.05, 0) is 67.6 Å². The van der Waals surface area contributed by atoms with Crippen molar-refractivity contribution in [1.29, 1.82) is 0 Å². The summed E-state index contributed by atoms with van der Waals surface area (Å²) in [6.07, 6.45) is 12.1. The Morgan fingerprint density at radius 3 is 2.30 bits per heavy atom. The number of carbonyl (C=O) groups is 6. The molecule has 2 aromatic carbocycles. The summed E-state index contributed by atoms with van der Waals surface area (Å²) >= 11 is 0. The number of ketones is 1. The monoisotopic (exact) mass is 836 g/mol. The Morgan fingerprint density at radius 1 is 0.885 bits per heavy atom. The van der Waals surface area contributed by atoms with Gasteiger partial charge in [-0.3, -0.25) is 53.7 Å². The summed E-state index contributed by atoms with van der Waals surface area (Å²) in [7, 11) is 6.81. The number of unbranched alkanes of at least 4 members (excludes halogenated alkanes) is 6. The molecule has 61 heavy (non-hydrogen) atoms. The highest BCUT2D eigenvalue weighted by Crippen LogP contribution is 2.38. The van der Waals surface area contributed by atoms with Gasteiger partial charge in [0.25, 0.3) is 23.3 Å². The predicted molar refractivity (Wildman–Crippen MR) is 225 cm³/mol. The van der Waals surface area contributed by atoms with Crippen molar-refractivity contribution in [3.05, 3.63) is 82.0 Å². The number of nitrogens with one attached hydrogen (secondary N) is 2. The van der Waals surface area contributed by atoms with Crippen LogP contribution in [0.15, 0.2) is 59.8 Å². The second kappa shape index (κ2) is 20.2. The highest BCUT2D eigenvalue weighted by atomic mass is 16.5. The lowest BCUT2D eigenvalue weighted by molar-refractivity contribution is -0.136. The molecule has 1 saturated heterocycles. The number of ether oxygens (including phenoxy) is 3. The van der Waals surface area contributed by atoms with Crippen LogP contribution in [0.3, 0.4) is 0 Å². The molecule has 0 aliphatic carbocycles. The minimum absolute atomic E-state index is 0.00442. The maximum atomic E-state index is 13.2. The quantitative estimate of drug-likeness (QED) is 0.0892. The molecule has 0 radical (unpaired) electrons. The number of hydrogen-bond acceptors (Lipinski definition) is 12. The van der Waals surface area contributed by atoms with E-state index in [1.165, 1.54) is 16.7 Å². The molecular formula is C45H52N6O10. The lowest BCUT2D eigenvalue weighted by atomic mass is 9.99. The lowest BCUT2D eigenvalue weighted by Crippen LogP contribution is -2.54. The summed E-state index contributed by atoms with van der Waals surface area (Å²) in [6.45, 7) is 0.840. The Hall–Kier alpha value is -6.42. The highest BCUT2D eigenvalue weighted by Gasteiger charge is 2.46. The molecule has 2 aromatic heterocycles. The number of piperidine rings is 1. The number of amides is 5. The van der Waals surface area contributed by atoms with Gasteiger partial charge in [0, 0.05) is 57.1 Å². The first-order chi connectivity index (χ1) is 29.4. The normalized spacial score (nSPS) is 15.0.